The Balaban J connectivity index is 1.42. The van der Waals surface area contributed by atoms with Crippen LogP contribution in [0.2, 0.25) is 0 Å². The summed E-state index contributed by atoms with van der Waals surface area (Å²) in [5.74, 6) is 2.40. The third kappa shape index (κ3) is 2.73. The first-order chi connectivity index (χ1) is 9.28. The predicted octanol–water partition coefficient (Wildman–Crippen LogP) is 0.962. The van der Waals surface area contributed by atoms with Crippen LogP contribution in [0.15, 0.2) is 24.3 Å². The maximum atomic E-state index is 11.9. The van der Waals surface area contributed by atoms with Crippen LogP contribution in [-0.2, 0) is 11.2 Å². The summed E-state index contributed by atoms with van der Waals surface area (Å²) >= 11 is 0. The molecule has 0 spiro atoms. The van der Waals surface area contributed by atoms with E-state index in [1.54, 1.807) is 7.11 Å². The highest BCUT2D eigenvalue weighted by molar-refractivity contribution is 5.77. The van der Waals surface area contributed by atoms with Crippen LogP contribution in [0.25, 0.3) is 0 Å². The highest BCUT2D eigenvalue weighted by Gasteiger charge is 2.53. The molecule has 1 aliphatic carbocycles. The molecule has 1 heterocycles. The molecule has 0 aromatic heterocycles. The minimum absolute atomic E-state index is 0.176. The van der Waals surface area contributed by atoms with Gasteiger partial charge in [0.1, 0.15) is 5.75 Å². The second kappa shape index (κ2) is 5.21. The summed E-state index contributed by atoms with van der Waals surface area (Å²) < 4.78 is 5.11. The Kier molecular flexibility index (Phi) is 3.42. The summed E-state index contributed by atoms with van der Waals surface area (Å²) in [7, 11) is 1.66. The van der Waals surface area contributed by atoms with Crippen molar-refractivity contribution in [2.45, 2.75) is 18.9 Å². The quantitative estimate of drug-likeness (QED) is 0.829. The molecule has 102 valence electrons. The Bertz CT molecular complexity index is 448. The minimum Gasteiger partial charge on any atom is -0.497 e. The maximum Gasteiger partial charge on any atom is 0.220 e. The van der Waals surface area contributed by atoms with Gasteiger partial charge in [0.05, 0.1) is 7.11 Å². The van der Waals surface area contributed by atoms with E-state index in [2.05, 4.69) is 10.6 Å². The van der Waals surface area contributed by atoms with Gasteiger partial charge >= 0.3 is 0 Å². The van der Waals surface area contributed by atoms with Gasteiger partial charge in [0.25, 0.3) is 0 Å². The van der Waals surface area contributed by atoms with Crippen LogP contribution in [0, 0.1) is 11.8 Å². The molecule has 2 unspecified atom stereocenters. The van der Waals surface area contributed by atoms with Crippen LogP contribution in [0.3, 0.4) is 0 Å². The van der Waals surface area contributed by atoms with Crippen LogP contribution < -0.4 is 15.4 Å². The van der Waals surface area contributed by atoms with Crippen molar-refractivity contribution in [2.24, 2.45) is 11.8 Å². The van der Waals surface area contributed by atoms with Crippen molar-refractivity contribution in [3.63, 3.8) is 0 Å². The lowest BCUT2D eigenvalue weighted by Crippen LogP contribution is -2.32. The number of nitrogens with one attached hydrogen (secondary N) is 2. The van der Waals surface area contributed by atoms with Crippen molar-refractivity contribution in [2.75, 3.05) is 20.2 Å². The average Bonchev–Trinajstić information content (AvgIpc) is 2.89. The van der Waals surface area contributed by atoms with Crippen molar-refractivity contribution in [3.05, 3.63) is 29.8 Å². The fourth-order valence-corrected chi connectivity index (χ4v) is 2.94. The van der Waals surface area contributed by atoms with Gasteiger partial charge in [0, 0.05) is 25.6 Å². The van der Waals surface area contributed by atoms with Crippen LogP contribution in [-0.4, -0.2) is 32.1 Å². The number of carbonyl (C=O) groups excluding carboxylic acids is 1. The molecular weight excluding hydrogens is 240 g/mol. The molecule has 4 nitrogen and oxygen atoms in total. The molecular formula is C15H20N2O2. The summed E-state index contributed by atoms with van der Waals surface area (Å²) in [6.07, 6.45) is 1.35. The van der Waals surface area contributed by atoms with E-state index in [4.69, 9.17) is 4.74 Å². The molecule has 2 N–H and O–H groups in total. The normalized spacial score (nSPS) is 27.7. The first-order valence-corrected chi connectivity index (χ1v) is 6.91. The first kappa shape index (κ1) is 12.5. The van der Waals surface area contributed by atoms with E-state index in [9.17, 15) is 4.79 Å². The Morgan fingerprint density at radius 2 is 2.00 bits per heavy atom. The number of methoxy groups -OCH3 is 1. The second-order valence-corrected chi connectivity index (χ2v) is 5.43. The predicted molar refractivity (Wildman–Crippen MR) is 73.1 cm³/mol. The molecule has 2 fully saturated rings. The third-order valence-electron chi connectivity index (χ3n) is 4.22. The van der Waals surface area contributed by atoms with Gasteiger partial charge in [-0.2, -0.15) is 0 Å². The topological polar surface area (TPSA) is 50.4 Å². The van der Waals surface area contributed by atoms with Gasteiger partial charge in [-0.1, -0.05) is 12.1 Å². The Labute approximate surface area is 113 Å². The smallest absolute Gasteiger partial charge is 0.220 e. The number of fused-ring (bicyclic) bond motifs is 1. The number of ether oxygens (including phenoxy) is 1. The number of amides is 1. The summed E-state index contributed by atoms with van der Waals surface area (Å²) in [6, 6.07) is 8.34. The van der Waals surface area contributed by atoms with Crippen molar-refractivity contribution in [3.8, 4) is 5.75 Å². The monoisotopic (exact) mass is 260 g/mol. The molecule has 3 rings (SSSR count). The zero-order chi connectivity index (χ0) is 13.2. The van der Waals surface area contributed by atoms with Crippen LogP contribution in [0.1, 0.15) is 12.0 Å². The van der Waals surface area contributed by atoms with E-state index in [0.717, 1.165) is 25.3 Å². The second-order valence-electron chi connectivity index (χ2n) is 5.43. The van der Waals surface area contributed by atoms with Gasteiger partial charge in [-0.25, -0.2) is 0 Å². The summed E-state index contributed by atoms with van der Waals surface area (Å²) in [4.78, 5) is 11.9. The van der Waals surface area contributed by atoms with Crippen molar-refractivity contribution in [1.82, 2.24) is 10.6 Å². The molecule has 1 aromatic rings. The highest BCUT2D eigenvalue weighted by Crippen LogP contribution is 2.41. The molecule has 1 aromatic carbocycles. The van der Waals surface area contributed by atoms with Gasteiger partial charge < -0.3 is 15.4 Å². The van der Waals surface area contributed by atoms with Crippen molar-refractivity contribution in [1.29, 1.82) is 0 Å². The molecule has 1 aliphatic heterocycles. The van der Waals surface area contributed by atoms with Crippen molar-refractivity contribution < 1.29 is 9.53 Å². The molecule has 1 saturated carbocycles. The lowest BCUT2D eigenvalue weighted by atomic mass is 10.1. The number of rotatable bonds is 5. The van der Waals surface area contributed by atoms with E-state index in [1.807, 2.05) is 24.3 Å². The number of aryl methyl sites for hydroxylation is 1. The number of hydrogen-bond acceptors (Lipinski definition) is 3. The van der Waals surface area contributed by atoms with E-state index < -0.39 is 0 Å². The fourth-order valence-electron chi connectivity index (χ4n) is 2.94. The van der Waals surface area contributed by atoms with E-state index in [-0.39, 0.29) is 5.91 Å². The molecule has 2 aliphatic rings. The molecule has 0 bridgehead atoms. The number of piperidine rings is 1. The molecule has 0 radical (unpaired) electrons. The van der Waals surface area contributed by atoms with Crippen LogP contribution in [0.4, 0.5) is 0 Å². The number of benzene rings is 1. The van der Waals surface area contributed by atoms with E-state index in [1.165, 1.54) is 5.56 Å². The van der Waals surface area contributed by atoms with Crippen LogP contribution in [0.5, 0.6) is 5.75 Å². The van der Waals surface area contributed by atoms with Gasteiger partial charge in [0.15, 0.2) is 0 Å². The highest BCUT2D eigenvalue weighted by atomic mass is 16.5. The average molecular weight is 260 g/mol. The SMILES string of the molecule is COc1ccc(CCC(=O)NC2C3CNCC32)cc1. The van der Waals surface area contributed by atoms with Gasteiger partial charge in [-0.15, -0.1) is 0 Å². The third-order valence-corrected chi connectivity index (χ3v) is 4.22. The van der Waals surface area contributed by atoms with Gasteiger partial charge in [0.2, 0.25) is 5.91 Å². The standard InChI is InChI=1S/C15H20N2O2/c1-19-11-5-2-10(3-6-11)4-7-14(18)17-15-12-8-16-9-13(12)15/h2-3,5-6,12-13,15-16H,4,7-9H2,1H3,(H,17,18). The molecule has 1 saturated heterocycles. The zero-order valence-electron chi connectivity index (χ0n) is 11.2. The van der Waals surface area contributed by atoms with Gasteiger partial charge in [-0.3, -0.25) is 4.79 Å². The molecule has 1 amide bonds. The lowest BCUT2D eigenvalue weighted by molar-refractivity contribution is -0.121. The van der Waals surface area contributed by atoms with E-state index >= 15 is 0 Å². The summed E-state index contributed by atoms with van der Waals surface area (Å²) in [6.45, 7) is 2.13. The summed E-state index contributed by atoms with van der Waals surface area (Å²) in [5.41, 5.74) is 1.17. The first-order valence-electron chi connectivity index (χ1n) is 6.91. The maximum absolute atomic E-state index is 11.9. The molecule has 2 atom stereocenters. The fraction of sp³-hybridized carbons (Fsp3) is 0.533. The lowest BCUT2D eigenvalue weighted by Gasteiger charge is -2.08. The zero-order valence-corrected chi connectivity index (χ0v) is 11.2. The van der Waals surface area contributed by atoms with Crippen LogP contribution >= 0.6 is 0 Å². The number of hydrogen-bond donors (Lipinski definition) is 2. The molecule has 4 heteroatoms. The van der Waals surface area contributed by atoms with Crippen molar-refractivity contribution >= 4 is 5.91 Å². The summed E-state index contributed by atoms with van der Waals surface area (Å²) in [5, 5.41) is 6.48. The minimum atomic E-state index is 0.176. The Morgan fingerprint density at radius 1 is 1.32 bits per heavy atom. The Morgan fingerprint density at radius 3 is 2.63 bits per heavy atom. The van der Waals surface area contributed by atoms with Gasteiger partial charge in [-0.05, 0) is 36.0 Å². The Hall–Kier alpha value is -1.55. The number of carbonyl (C=O) groups is 1. The molecule has 19 heavy (non-hydrogen) atoms. The largest absolute Gasteiger partial charge is 0.497 e. The van der Waals surface area contributed by atoms with E-state index in [0.29, 0.717) is 24.3 Å².